The Balaban J connectivity index is 1.69. The van der Waals surface area contributed by atoms with E-state index in [2.05, 4.69) is 20.8 Å². The van der Waals surface area contributed by atoms with Gasteiger partial charge in [-0.15, -0.1) is 5.10 Å². The van der Waals surface area contributed by atoms with E-state index < -0.39 is 11.5 Å². The highest BCUT2D eigenvalue weighted by Gasteiger charge is 2.08. The Morgan fingerprint density at radius 1 is 1.04 bits per heavy atom. The summed E-state index contributed by atoms with van der Waals surface area (Å²) in [5.41, 5.74) is 0.776. The van der Waals surface area contributed by atoms with Gasteiger partial charge in [0.05, 0.1) is 0 Å². The maximum atomic E-state index is 12.2. The normalized spacial score (nSPS) is 10.3. The van der Waals surface area contributed by atoms with Crippen molar-refractivity contribution in [1.29, 1.82) is 0 Å². The van der Waals surface area contributed by atoms with E-state index in [1.54, 1.807) is 42.7 Å². The van der Waals surface area contributed by atoms with Gasteiger partial charge in [-0.25, -0.2) is 9.36 Å². The van der Waals surface area contributed by atoms with Gasteiger partial charge in [0.2, 0.25) is 11.8 Å². The van der Waals surface area contributed by atoms with E-state index in [-0.39, 0.29) is 12.5 Å². The van der Waals surface area contributed by atoms with Crippen LogP contribution in [-0.2, 0) is 16.1 Å². The van der Waals surface area contributed by atoms with Crippen molar-refractivity contribution in [2.75, 3.05) is 10.6 Å². The summed E-state index contributed by atoms with van der Waals surface area (Å²) in [5, 5.41) is 13.5. The maximum absolute atomic E-state index is 12.2. The highest BCUT2D eigenvalue weighted by Crippen LogP contribution is 2.13. The molecule has 2 N–H and O–H groups in total. The molecule has 1 aromatic carbocycles. The second kappa shape index (κ2) is 7.43. The summed E-state index contributed by atoms with van der Waals surface area (Å²) in [6.07, 6.45) is 3.28. The van der Waals surface area contributed by atoms with Gasteiger partial charge in [-0.3, -0.25) is 14.4 Å². The largest absolute Gasteiger partial charge is 0.326 e. The van der Waals surface area contributed by atoms with E-state index >= 15 is 0 Å². The molecule has 0 aliphatic heterocycles. The van der Waals surface area contributed by atoms with Gasteiger partial charge in [-0.2, -0.15) is 5.10 Å². The molecule has 0 radical (unpaired) electrons. The number of nitrogens with one attached hydrogen (secondary N) is 2. The molecule has 3 rings (SSSR count). The van der Waals surface area contributed by atoms with Crippen molar-refractivity contribution in [1.82, 2.24) is 19.6 Å². The van der Waals surface area contributed by atoms with Gasteiger partial charge in [0, 0.05) is 36.8 Å². The average Bonchev–Trinajstić information content (AvgIpc) is 3.13. The Labute approximate surface area is 148 Å². The third-order valence-electron chi connectivity index (χ3n) is 3.37. The minimum Gasteiger partial charge on any atom is -0.326 e. The van der Waals surface area contributed by atoms with Crippen molar-refractivity contribution >= 4 is 23.2 Å². The first-order chi connectivity index (χ1) is 12.5. The molecular formula is C17H16N6O3. The smallest absolute Gasteiger partial charge is 0.267 e. The van der Waals surface area contributed by atoms with E-state index in [0.29, 0.717) is 17.2 Å². The molecular weight excluding hydrogens is 336 g/mol. The number of amides is 2. The zero-order chi connectivity index (χ0) is 18.5. The fourth-order valence-electron chi connectivity index (χ4n) is 2.25. The molecule has 0 unspecified atom stereocenters. The molecule has 0 atom stereocenters. The number of anilines is 2. The summed E-state index contributed by atoms with van der Waals surface area (Å²) in [6.45, 7) is 1.18. The van der Waals surface area contributed by atoms with E-state index in [1.807, 2.05) is 0 Å². The fraction of sp³-hybridized carbons (Fsp3) is 0.118. The van der Waals surface area contributed by atoms with Crippen molar-refractivity contribution in [3.05, 3.63) is 65.2 Å². The molecule has 9 nitrogen and oxygen atoms in total. The molecule has 0 spiro atoms. The van der Waals surface area contributed by atoms with Gasteiger partial charge in [0.25, 0.3) is 5.56 Å². The zero-order valence-corrected chi connectivity index (χ0v) is 13.9. The van der Waals surface area contributed by atoms with Gasteiger partial charge in [-0.05, 0) is 36.4 Å². The lowest BCUT2D eigenvalue weighted by Gasteiger charge is -2.09. The van der Waals surface area contributed by atoms with Crippen LogP contribution < -0.4 is 16.2 Å². The van der Waals surface area contributed by atoms with Crippen LogP contribution in [0.3, 0.4) is 0 Å². The molecule has 2 amide bonds. The summed E-state index contributed by atoms with van der Waals surface area (Å²) in [5.74, 6) is -0.143. The third-order valence-corrected chi connectivity index (χ3v) is 3.37. The Kier molecular flexibility index (Phi) is 4.88. The number of rotatable bonds is 5. The molecule has 3 aromatic rings. The number of aromatic nitrogens is 4. The van der Waals surface area contributed by atoms with Crippen molar-refractivity contribution in [3.8, 4) is 5.82 Å². The van der Waals surface area contributed by atoms with Crippen molar-refractivity contribution in [2.24, 2.45) is 0 Å². The maximum Gasteiger partial charge on any atom is 0.267 e. The van der Waals surface area contributed by atoms with Gasteiger partial charge in [-0.1, -0.05) is 0 Å². The van der Waals surface area contributed by atoms with E-state index in [0.717, 1.165) is 4.68 Å². The van der Waals surface area contributed by atoms with Crippen LogP contribution in [0.4, 0.5) is 11.4 Å². The topological polar surface area (TPSA) is 111 Å². The summed E-state index contributed by atoms with van der Waals surface area (Å²) in [6, 6.07) is 11.2. The number of carbonyl (C=O) groups is 2. The first-order valence-corrected chi connectivity index (χ1v) is 7.77. The number of benzene rings is 1. The van der Waals surface area contributed by atoms with Crippen molar-refractivity contribution in [3.63, 3.8) is 0 Å². The number of hydrogen-bond acceptors (Lipinski definition) is 5. The predicted octanol–water partition coefficient (Wildman–Crippen LogP) is 1.03. The molecule has 0 aliphatic carbocycles. The molecule has 0 bridgehead atoms. The molecule has 0 aliphatic rings. The second-order valence-electron chi connectivity index (χ2n) is 5.44. The van der Waals surface area contributed by atoms with Crippen LogP contribution in [0.15, 0.2) is 59.7 Å². The van der Waals surface area contributed by atoms with Crippen LogP contribution in [0.25, 0.3) is 5.82 Å². The van der Waals surface area contributed by atoms with Crippen LogP contribution in [0.2, 0.25) is 0 Å². The van der Waals surface area contributed by atoms with Gasteiger partial charge < -0.3 is 10.6 Å². The number of carbonyl (C=O) groups excluding carboxylic acids is 2. The van der Waals surface area contributed by atoms with Crippen LogP contribution in [-0.4, -0.2) is 31.4 Å². The summed E-state index contributed by atoms with van der Waals surface area (Å²) in [7, 11) is 0. The minimum absolute atomic E-state index is 0.177. The van der Waals surface area contributed by atoms with Crippen LogP contribution in [0.1, 0.15) is 6.92 Å². The van der Waals surface area contributed by atoms with Crippen LogP contribution in [0.5, 0.6) is 0 Å². The molecule has 132 valence electrons. The van der Waals surface area contributed by atoms with E-state index in [1.165, 1.54) is 23.7 Å². The monoisotopic (exact) mass is 352 g/mol. The van der Waals surface area contributed by atoms with E-state index in [4.69, 9.17) is 0 Å². The van der Waals surface area contributed by atoms with Gasteiger partial charge >= 0.3 is 0 Å². The average molecular weight is 352 g/mol. The highest BCUT2D eigenvalue weighted by molar-refractivity contribution is 5.92. The van der Waals surface area contributed by atoms with Crippen molar-refractivity contribution in [2.45, 2.75) is 13.5 Å². The first kappa shape index (κ1) is 17.1. The lowest BCUT2D eigenvalue weighted by atomic mass is 10.2. The number of hydrogen-bond donors (Lipinski definition) is 2. The Morgan fingerprint density at radius 3 is 2.35 bits per heavy atom. The first-order valence-electron chi connectivity index (χ1n) is 7.77. The lowest BCUT2D eigenvalue weighted by molar-refractivity contribution is -0.117. The van der Waals surface area contributed by atoms with Gasteiger partial charge in [0.15, 0.2) is 5.82 Å². The molecule has 0 saturated carbocycles. The zero-order valence-electron chi connectivity index (χ0n) is 13.9. The Bertz CT molecular complexity index is 976. The fourth-order valence-corrected chi connectivity index (χ4v) is 2.25. The molecule has 2 heterocycles. The lowest BCUT2D eigenvalue weighted by Crippen LogP contribution is -2.30. The highest BCUT2D eigenvalue weighted by atomic mass is 16.2. The predicted molar refractivity (Wildman–Crippen MR) is 95.0 cm³/mol. The molecule has 0 saturated heterocycles. The summed E-state index contributed by atoms with van der Waals surface area (Å²) < 4.78 is 2.56. The molecule has 0 fully saturated rings. The van der Waals surface area contributed by atoms with Crippen LogP contribution >= 0.6 is 0 Å². The standard InChI is InChI=1S/C17H16N6O3/c1-12(24)19-13-3-5-14(6-4-13)20-16(25)11-23-17(26)8-7-15(21-23)22-10-2-9-18-22/h2-10H,11H2,1H3,(H,19,24)(H,20,25). The quantitative estimate of drug-likeness (QED) is 0.712. The molecule has 2 aromatic heterocycles. The second-order valence-corrected chi connectivity index (χ2v) is 5.44. The molecule has 26 heavy (non-hydrogen) atoms. The third kappa shape index (κ3) is 4.20. The Hall–Kier alpha value is -3.75. The van der Waals surface area contributed by atoms with Gasteiger partial charge in [0.1, 0.15) is 6.54 Å². The van der Waals surface area contributed by atoms with E-state index in [9.17, 15) is 14.4 Å². The SMILES string of the molecule is CC(=O)Nc1ccc(NC(=O)Cn2nc(-n3cccn3)ccc2=O)cc1. The van der Waals surface area contributed by atoms with Crippen LogP contribution in [0, 0.1) is 0 Å². The summed E-state index contributed by atoms with van der Waals surface area (Å²) >= 11 is 0. The molecule has 9 heteroatoms. The number of nitrogens with zero attached hydrogens (tertiary/aromatic N) is 4. The van der Waals surface area contributed by atoms with Crippen molar-refractivity contribution < 1.29 is 9.59 Å². The Morgan fingerprint density at radius 2 is 1.73 bits per heavy atom. The summed E-state index contributed by atoms with van der Waals surface area (Å²) in [4.78, 5) is 35.1. The minimum atomic E-state index is -0.399.